The minimum Gasteiger partial charge on any atom is -0.478 e. The van der Waals surface area contributed by atoms with E-state index in [2.05, 4.69) is 20.4 Å². The molecule has 1 saturated heterocycles. The van der Waals surface area contributed by atoms with Crippen LogP contribution in [-0.4, -0.2) is 68.6 Å². The highest BCUT2D eigenvalue weighted by Crippen LogP contribution is 2.27. The van der Waals surface area contributed by atoms with Gasteiger partial charge in [0.1, 0.15) is 11.6 Å². The van der Waals surface area contributed by atoms with Crippen LogP contribution >= 0.6 is 23.2 Å². The highest BCUT2D eigenvalue weighted by Gasteiger charge is 2.24. The van der Waals surface area contributed by atoms with E-state index in [9.17, 15) is 28.0 Å². The number of aromatic carboxylic acids is 1. The highest BCUT2D eigenvalue weighted by molar-refractivity contribution is 6.36. The number of halogens is 4. The Morgan fingerprint density at radius 3 is 1.74 bits per heavy atom. The van der Waals surface area contributed by atoms with Crippen molar-refractivity contribution in [1.29, 1.82) is 0 Å². The van der Waals surface area contributed by atoms with Crippen LogP contribution in [0.2, 0.25) is 10.0 Å². The van der Waals surface area contributed by atoms with Gasteiger partial charge in [0, 0.05) is 49.4 Å². The van der Waals surface area contributed by atoms with E-state index >= 15 is 0 Å². The molecule has 0 bridgehead atoms. The van der Waals surface area contributed by atoms with Crippen LogP contribution in [0.5, 0.6) is 0 Å². The van der Waals surface area contributed by atoms with Gasteiger partial charge in [-0.05, 0) is 84.6 Å². The van der Waals surface area contributed by atoms with Gasteiger partial charge in [-0.15, -0.1) is 0 Å². The van der Waals surface area contributed by atoms with Crippen LogP contribution in [0, 0.1) is 11.6 Å². The number of hydrogen-bond donors (Lipinski definition) is 3. The van der Waals surface area contributed by atoms with Gasteiger partial charge in [-0.1, -0.05) is 35.3 Å². The molecule has 0 aliphatic carbocycles. The molecule has 4 aromatic carbocycles. The topological polar surface area (TPSA) is 158 Å². The molecule has 1 aliphatic rings. The molecule has 3 heterocycles. The molecular formula is C38H31Cl2F2N5O6. The Labute approximate surface area is 310 Å². The second kappa shape index (κ2) is 16.0. The number of nitrogens with zero attached hydrogens (tertiary/aromatic N) is 3. The first-order chi connectivity index (χ1) is 25.4. The van der Waals surface area contributed by atoms with Crippen molar-refractivity contribution >= 4 is 56.6 Å². The Kier molecular flexibility index (Phi) is 11.3. The third-order valence-corrected chi connectivity index (χ3v) is 9.52. The number of carbonyl (C=O) groups is 2. The Morgan fingerprint density at radius 1 is 0.792 bits per heavy atom. The predicted molar refractivity (Wildman–Crippen MR) is 196 cm³/mol. The molecule has 11 nitrogen and oxygen atoms in total. The quantitative estimate of drug-likeness (QED) is 0.165. The number of piperidine rings is 1. The van der Waals surface area contributed by atoms with Crippen molar-refractivity contribution in [2.75, 3.05) is 20.2 Å². The van der Waals surface area contributed by atoms with E-state index in [1.165, 1.54) is 24.3 Å². The first kappa shape index (κ1) is 37.3. The molecule has 272 valence electrons. The zero-order valence-electron chi connectivity index (χ0n) is 28.1. The normalized spacial score (nSPS) is 13.2. The number of amides is 1. The molecule has 2 aromatic heterocycles. The lowest BCUT2D eigenvalue weighted by Crippen LogP contribution is -2.40. The first-order valence-electron chi connectivity index (χ1n) is 16.4. The zero-order valence-corrected chi connectivity index (χ0v) is 29.6. The minimum absolute atomic E-state index is 0.134. The van der Waals surface area contributed by atoms with Gasteiger partial charge in [0.2, 0.25) is 0 Å². The number of H-pyrrole nitrogens is 2. The van der Waals surface area contributed by atoms with Crippen LogP contribution in [0.3, 0.4) is 0 Å². The third-order valence-electron chi connectivity index (χ3n) is 8.89. The van der Waals surface area contributed by atoms with Gasteiger partial charge >= 0.3 is 5.97 Å². The molecule has 0 spiro atoms. The maximum atomic E-state index is 14.3. The van der Waals surface area contributed by atoms with E-state index in [1.807, 2.05) is 0 Å². The Bertz CT molecular complexity index is 2480. The minimum atomic E-state index is -1.22. The Hall–Kier alpha value is -5.50. The average Bonchev–Trinajstić information content (AvgIpc) is 3.14. The van der Waals surface area contributed by atoms with E-state index in [0.29, 0.717) is 72.8 Å². The van der Waals surface area contributed by atoms with E-state index < -0.39 is 17.6 Å². The lowest BCUT2D eigenvalue weighted by atomic mass is 10.0. The van der Waals surface area contributed by atoms with Gasteiger partial charge in [0.05, 0.1) is 43.9 Å². The second-order valence-corrected chi connectivity index (χ2v) is 13.2. The summed E-state index contributed by atoms with van der Waals surface area (Å²) in [6.45, 7) is 1.15. The van der Waals surface area contributed by atoms with Gasteiger partial charge in [0.15, 0.2) is 0 Å². The lowest BCUT2D eigenvalue weighted by Gasteiger charge is -2.31. The molecule has 1 fully saturated rings. The van der Waals surface area contributed by atoms with Crippen molar-refractivity contribution in [2.45, 2.75) is 31.8 Å². The van der Waals surface area contributed by atoms with Crippen LogP contribution in [-0.2, 0) is 17.6 Å². The Morgan fingerprint density at radius 2 is 1.26 bits per heavy atom. The maximum Gasteiger partial charge on any atom is 0.335 e. The first-order valence-corrected chi connectivity index (χ1v) is 17.1. The summed E-state index contributed by atoms with van der Waals surface area (Å²) in [5.41, 5.74) is 1.37. The van der Waals surface area contributed by atoms with E-state index in [-0.39, 0.29) is 41.5 Å². The molecule has 0 atom stereocenters. The average molecular weight is 763 g/mol. The number of carbonyl (C=O) groups excluding carboxylic acids is 1. The van der Waals surface area contributed by atoms with E-state index in [0.717, 1.165) is 18.9 Å². The maximum absolute atomic E-state index is 14.3. The molecule has 1 aliphatic heterocycles. The number of benzene rings is 4. The third kappa shape index (κ3) is 8.43. The molecule has 53 heavy (non-hydrogen) atoms. The largest absolute Gasteiger partial charge is 0.478 e. The fourth-order valence-corrected chi connectivity index (χ4v) is 6.92. The van der Waals surface area contributed by atoms with Gasteiger partial charge in [-0.25, -0.2) is 23.8 Å². The summed E-state index contributed by atoms with van der Waals surface area (Å²) in [6.07, 6.45) is 2.03. The number of carboxylic acid groups (broad SMARTS) is 1. The van der Waals surface area contributed by atoms with Gasteiger partial charge < -0.3 is 14.7 Å². The lowest BCUT2D eigenvalue weighted by molar-refractivity contribution is 0.0350. The molecule has 7 rings (SSSR count). The number of carboxylic acids is 1. The molecule has 3 N–H and O–H groups in total. The number of hydrogen-bond acceptors (Lipinski definition) is 7. The van der Waals surface area contributed by atoms with Crippen molar-refractivity contribution in [1.82, 2.24) is 25.3 Å². The number of fused-ring (bicyclic) bond motifs is 2. The number of rotatable bonds is 7. The summed E-state index contributed by atoms with van der Waals surface area (Å²) >= 11 is 12.5. The standard InChI is InChI=1S/C22H21ClFN3O3.C16H10ClFN2O3/c1-30-16-5-7-27(8-6-16)22(29)14-9-13(10-15(24)12-14)11-19-20-17(21(28)26-25-19)3-2-4-18(20)23;17-12-3-1-2-11-14(12)13(19-20-15(11)21)6-8-4-9(16(22)23)7-10(18)5-8/h2-4,9-10,12,16H,5-8,11H2,1H3,(H,26,28);1-5,7H,6H2,(H,20,21)(H,22,23). The molecule has 6 aromatic rings. The smallest absolute Gasteiger partial charge is 0.335 e. The summed E-state index contributed by atoms with van der Waals surface area (Å²) in [5, 5.41) is 24.5. The fraction of sp³-hybridized carbons (Fsp3) is 0.211. The molecular weight excluding hydrogens is 731 g/mol. The summed E-state index contributed by atoms with van der Waals surface area (Å²) in [6, 6.07) is 17.7. The summed E-state index contributed by atoms with van der Waals surface area (Å²) in [7, 11) is 1.67. The van der Waals surface area contributed by atoms with Crippen LogP contribution in [0.25, 0.3) is 21.5 Å². The number of aromatic nitrogens is 4. The highest BCUT2D eigenvalue weighted by atomic mass is 35.5. The number of aromatic amines is 2. The summed E-state index contributed by atoms with van der Waals surface area (Å²) in [4.78, 5) is 49.5. The van der Waals surface area contributed by atoms with Crippen LogP contribution in [0.1, 0.15) is 56.1 Å². The molecule has 15 heteroatoms. The fourth-order valence-electron chi connectivity index (χ4n) is 6.35. The van der Waals surface area contributed by atoms with Crippen molar-refractivity contribution in [2.24, 2.45) is 0 Å². The molecule has 0 unspecified atom stereocenters. The second-order valence-electron chi connectivity index (χ2n) is 12.4. The number of ether oxygens (including phenoxy) is 1. The SMILES string of the molecule is COC1CCN(C(=O)c2cc(F)cc(Cc3n[nH]c(=O)c4cccc(Cl)c34)c2)CC1.O=C(O)c1cc(F)cc(Cc2n[nH]c(=O)c3cccc(Cl)c23)c1. The molecule has 0 saturated carbocycles. The molecule has 0 radical (unpaired) electrons. The van der Waals surface area contributed by atoms with Crippen LogP contribution in [0.15, 0.2) is 82.4 Å². The van der Waals surface area contributed by atoms with Crippen molar-refractivity contribution in [3.8, 4) is 0 Å². The molecule has 1 amide bonds. The zero-order chi connectivity index (χ0) is 37.8. The van der Waals surface area contributed by atoms with E-state index in [4.69, 9.17) is 33.0 Å². The van der Waals surface area contributed by atoms with Gasteiger partial charge in [0.25, 0.3) is 17.0 Å². The number of likely N-dealkylation sites (tertiary alicyclic amines) is 1. The monoisotopic (exact) mass is 761 g/mol. The van der Waals surface area contributed by atoms with Gasteiger partial charge in [-0.2, -0.15) is 10.2 Å². The number of nitrogens with one attached hydrogen (secondary N) is 2. The Balaban J connectivity index is 0.000000188. The van der Waals surface area contributed by atoms with E-state index in [1.54, 1.807) is 54.5 Å². The van der Waals surface area contributed by atoms with Gasteiger partial charge in [-0.3, -0.25) is 14.4 Å². The predicted octanol–water partition coefficient (Wildman–Crippen LogP) is 6.56. The van der Waals surface area contributed by atoms with Crippen molar-refractivity contribution in [3.63, 3.8) is 0 Å². The van der Waals surface area contributed by atoms with Crippen LogP contribution < -0.4 is 11.1 Å². The van der Waals surface area contributed by atoms with Crippen molar-refractivity contribution < 1.29 is 28.2 Å². The van der Waals surface area contributed by atoms with Crippen molar-refractivity contribution in [3.05, 3.63) is 149 Å². The number of methoxy groups -OCH3 is 1. The summed E-state index contributed by atoms with van der Waals surface area (Å²) < 4.78 is 33.3. The summed E-state index contributed by atoms with van der Waals surface area (Å²) in [5.74, 6) is -2.58. The van der Waals surface area contributed by atoms with Crippen LogP contribution in [0.4, 0.5) is 8.78 Å².